The van der Waals surface area contributed by atoms with E-state index in [0.717, 1.165) is 0 Å². The van der Waals surface area contributed by atoms with Crippen LogP contribution in [0.2, 0.25) is 0 Å². The minimum absolute atomic E-state index is 0.642. The second-order valence-corrected chi connectivity index (χ2v) is 5.11. The highest BCUT2D eigenvalue weighted by Crippen LogP contribution is 2.31. The van der Waals surface area contributed by atoms with Gasteiger partial charge < -0.3 is 0 Å². The molecule has 1 nitrogen and oxygen atoms in total. The highest BCUT2D eigenvalue weighted by atomic mass is 15.2. The summed E-state index contributed by atoms with van der Waals surface area (Å²) in [6.07, 6.45) is 5.46. The molecule has 1 heterocycles. The molecule has 1 saturated heterocycles. The van der Waals surface area contributed by atoms with Crippen molar-refractivity contribution in [3.05, 3.63) is 35.9 Å². The van der Waals surface area contributed by atoms with Gasteiger partial charge in [0.15, 0.2) is 0 Å². The fourth-order valence-electron chi connectivity index (χ4n) is 2.78. The fraction of sp³-hybridized carbons (Fsp3) is 0.600. The van der Waals surface area contributed by atoms with Gasteiger partial charge in [-0.3, -0.25) is 4.90 Å². The molecule has 1 atom stereocenters. The molecule has 1 aromatic carbocycles. The molecule has 0 N–H and O–H groups in total. The molecular formula is C15H23N. The molecule has 0 radical (unpaired) electrons. The molecule has 1 aliphatic heterocycles. The van der Waals surface area contributed by atoms with E-state index in [1.807, 2.05) is 0 Å². The van der Waals surface area contributed by atoms with Crippen molar-refractivity contribution in [3.8, 4) is 0 Å². The van der Waals surface area contributed by atoms with Crippen LogP contribution in [0.15, 0.2) is 30.3 Å². The van der Waals surface area contributed by atoms with E-state index in [-0.39, 0.29) is 0 Å². The lowest BCUT2D eigenvalue weighted by molar-refractivity contribution is 0.157. The van der Waals surface area contributed by atoms with Crippen molar-refractivity contribution in [3.63, 3.8) is 0 Å². The van der Waals surface area contributed by atoms with Crippen LogP contribution in [0.4, 0.5) is 0 Å². The largest absolute Gasteiger partial charge is 0.294 e. The molecule has 0 aliphatic carbocycles. The van der Waals surface area contributed by atoms with E-state index in [4.69, 9.17) is 0 Å². The average molecular weight is 217 g/mol. The van der Waals surface area contributed by atoms with Crippen molar-refractivity contribution < 1.29 is 0 Å². The summed E-state index contributed by atoms with van der Waals surface area (Å²) in [4.78, 5) is 2.67. The first-order valence-electron chi connectivity index (χ1n) is 6.59. The predicted octanol–water partition coefficient (Wildman–Crippen LogP) is 4.01. The van der Waals surface area contributed by atoms with Gasteiger partial charge in [0, 0.05) is 12.1 Å². The second-order valence-electron chi connectivity index (χ2n) is 5.11. The van der Waals surface area contributed by atoms with Crippen LogP contribution in [0.1, 0.15) is 51.1 Å². The van der Waals surface area contributed by atoms with Crippen LogP contribution in [0, 0.1) is 0 Å². The van der Waals surface area contributed by atoms with Gasteiger partial charge in [0.2, 0.25) is 0 Å². The van der Waals surface area contributed by atoms with Gasteiger partial charge in [-0.1, -0.05) is 43.2 Å². The summed E-state index contributed by atoms with van der Waals surface area (Å²) in [5.74, 6) is 0. The minimum atomic E-state index is 0.642. The van der Waals surface area contributed by atoms with Crippen LogP contribution >= 0.6 is 0 Å². The molecule has 0 bridgehead atoms. The minimum Gasteiger partial charge on any atom is -0.294 e. The van der Waals surface area contributed by atoms with Gasteiger partial charge in [-0.15, -0.1) is 0 Å². The number of hydrogen-bond acceptors (Lipinski definition) is 1. The Hall–Kier alpha value is -0.820. The SMILES string of the molecule is CC(C)N1CCCCCC1c1ccccc1. The number of nitrogens with zero attached hydrogens (tertiary/aromatic N) is 1. The Kier molecular flexibility index (Phi) is 4.00. The second kappa shape index (κ2) is 5.49. The van der Waals surface area contributed by atoms with E-state index in [1.165, 1.54) is 37.8 Å². The highest BCUT2D eigenvalue weighted by Gasteiger charge is 2.23. The van der Waals surface area contributed by atoms with Crippen molar-refractivity contribution in [2.24, 2.45) is 0 Å². The van der Waals surface area contributed by atoms with Crippen LogP contribution in [-0.2, 0) is 0 Å². The highest BCUT2D eigenvalue weighted by molar-refractivity contribution is 5.19. The number of rotatable bonds is 2. The van der Waals surface area contributed by atoms with Gasteiger partial charge in [-0.05, 0) is 38.8 Å². The molecule has 0 amide bonds. The van der Waals surface area contributed by atoms with Gasteiger partial charge in [0.05, 0.1) is 0 Å². The molecule has 16 heavy (non-hydrogen) atoms. The summed E-state index contributed by atoms with van der Waals surface area (Å²) in [7, 11) is 0. The first kappa shape index (κ1) is 11.7. The maximum absolute atomic E-state index is 2.67. The smallest absolute Gasteiger partial charge is 0.0350 e. The summed E-state index contributed by atoms with van der Waals surface area (Å²) >= 11 is 0. The zero-order valence-electron chi connectivity index (χ0n) is 10.5. The Bertz CT molecular complexity index is 304. The van der Waals surface area contributed by atoms with Gasteiger partial charge in [0.1, 0.15) is 0 Å². The first-order valence-corrected chi connectivity index (χ1v) is 6.59. The fourth-order valence-corrected chi connectivity index (χ4v) is 2.78. The van der Waals surface area contributed by atoms with Crippen LogP contribution in [0.3, 0.4) is 0 Å². The van der Waals surface area contributed by atoms with Crippen LogP contribution in [0.5, 0.6) is 0 Å². The van der Waals surface area contributed by atoms with Crippen molar-refractivity contribution in [1.29, 1.82) is 0 Å². The van der Waals surface area contributed by atoms with Crippen molar-refractivity contribution in [2.75, 3.05) is 6.54 Å². The molecule has 1 aromatic rings. The lowest BCUT2D eigenvalue weighted by atomic mass is 10.00. The van der Waals surface area contributed by atoms with E-state index < -0.39 is 0 Å². The third-order valence-corrected chi connectivity index (χ3v) is 3.64. The quantitative estimate of drug-likeness (QED) is 0.723. The summed E-state index contributed by atoms with van der Waals surface area (Å²) in [6, 6.07) is 12.3. The van der Waals surface area contributed by atoms with Crippen LogP contribution in [0.25, 0.3) is 0 Å². The summed E-state index contributed by atoms with van der Waals surface area (Å²) < 4.78 is 0. The van der Waals surface area contributed by atoms with Crippen LogP contribution < -0.4 is 0 Å². The normalized spacial score (nSPS) is 23.3. The van der Waals surface area contributed by atoms with E-state index in [2.05, 4.69) is 49.1 Å². The van der Waals surface area contributed by atoms with Gasteiger partial charge >= 0.3 is 0 Å². The third-order valence-electron chi connectivity index (χ3n) is 3.64. The molecule has 0 aromatic heterocycles. The van der Waals surface area contributed by atoms with Crippen LogP contribution in [-0.4, -0.2) is 17.5 Å². The lowest BCUT2D eigenvalue weighted by Gasteiger charge is -2.33. The molecule has 1 heteroatoms. The number of hydrogen-bond donors (Lipinski definition) is 0. The van der Waals surface area contributed by atoms with E-state index in [1.54, 1.807) is 0 Å². The van der Waals surface area contributed by atoms with Gasteiger partial charge in [-0.25, -0.2) is 0 Å². The molecule has 88 valence electrons. The van der Waals surface area contributed by atoms with E-state index in [9.17, 15) is 0 Å². The summed E-state index contributed by atoms with van der Waals surface area (Å²) in [5.41, 5.74) is 1.50. The van der Waals surface area contributed by atoms with E-state index >= 15 is 0 Å². The summed E-state index contributed by atoms with van der Waals surface area (Å²) in [6.45, 7) is 5.90. The number of benzene rings is 1. The van der Waals surface area contributed by atoms with Gasteiger partial charge in [0.25, 0.3) is 0 Å². The maximum Gasteiger partial charge on any atom is 0.0350 e. The first-order chi connectivity index (χ1) is 7.79. The summed E-state index contributed by atoms with van der Waals surface area (Å²) in [5, 5.41) is 0. The standard InChI is InChI=1S/C15H23N/c1-13(2)16-12-8-4-7-11-15(16)14-9-5-3-6-10-14/h3,5-6,9-10,13,15H,4,7-8,11-12H2,1-2H3. The monoisotopic (exact) mass is 217 g/mol. The van der Waals surface area contributed by atoms with E-state index in [0.29, 0.717) is 12.1 Å². The Morgan fingerprint density at radius 1 is 1.06 bits per heavy atom. The molecular weight excluding hydrogens is 194 g/mol. The Morgan fingerprint density at radius 2 is 1.81 bits per heavy atom. The molecule has 1 unspecified atom stereocenters. The van der Waals surface area contributed by atoms with Crippen molar-refractivity contribution in [2.45, 2.75) is 51.6 Å². The predicted molar refractivity (Wildman–Crippen MR) is 69.5 cm³/mol. The average Bonchev–Trinajstić information content (AvgIpc) is 2.55. The zero-order valence-corrected chi connectivity index (χ0v) is 10.5. The van der Waals surface area contributed by atoms with Crippen molar-refractivity contribution in [1.82, 2.24) is 4.90 Å². The zero-order chi connectivity index (χ0) is 11.4. The van der Waals surface area contributed by atoms with Gasteiger partial charge in [-0.2, -0.15) is 0 Å². The molecule has 0 saturated carbocycles. The Morgan fingerprint density at radius 3 is 2.50 bits per heavy atom. The molecule has 1 fully saturated rings. The third kappa shape index (κ3) is 2.65. The van der Waals surface area contributed by atoms with Crippen molar-refractivity contribution >= 4 is 0 Å². The molecule has 2 rings (SSSR count). The Balaban J connectivity index is 2.21. The maximum atomic E-state index is 2.67. The number of likely N-dealkylation sites (tertiary alicyclic amines) is 1. The molecule has 0 spiro atoms. The Labute approximate surface area is 99.5 Å². The lowest BCUT2D eigenvalue weighted by Crippen LogP contribution is -2.34. The topological polar surface area (TPSA) is 3.24 Å². The molecule has 1 aliphatic rings.